The highest BCUT2D eigenvalue weighted by Crippen LogP contribution is 2.40. The maximum atomic E-state index is 13.2. The molecule has 1 aromatic heterocycles. The predicted octanol–water partition coefficient (Wildman–Crippen LogP) is 5.15. The van der Waals surface area contributed by atoms with Gasteiger partial charge in [-0.25, -0.2) is 0 Å². The van der Waals surface area contributed by atoms with Crippen molar-refractivity contribution < 1.29 is 19.8 Å². The van der Waals surface area contributed by atoms with Crippen molar-refractivity contribution in [2.45, 2.75) is 26.3 Å². The van der Waals surface area contributed by atoms with E-state index in [4.69, 9.17) is 0 Å². The van der Waals surface area contributed by atoms with Crippen LogP contribution in [0, 0.1) is 13.8 Å². The molecule has 1 atom stereocenters. The van der Waals surface area contributed by atoms with Gasteiger partial charge in [-0.1, -0.05) is 42.5 Å². The standard InChI is InChI=1S/C29H26N2O4/c1-17-7-8-20(15-18(17)2)27(33)25-26(19-9-11-22(32)12-10-19)31(29(35)28(25)34)14-13-21-16-30-24-6-4-3-5-23(21)24/h3-12,15-16,26,30,32-33H,13-14H2,1-2H3/b27-25+. The van der Waals surface area contributed by atoms with Gasteiger partial charge >= 0.3 is 0 Å². The zero-order valence-corrected chi connectivity index (χ0v) is 19.6. The van der Waals surface area contributed by atoms with E-state index in [-0.39, 0.29) is 17.1 Å². The number of aryl methyl sites for hydroxylation is 2. The molecule has 1 aliphatic rings. The predicted molar refractivity (Wildman–Crippen MR) is 135 cm³/mol. The number of benzene rings is 3. The molecule has 2 heterocycles. The van der Waals surface area contributed by atoms with Crippen molar-refractivity contribution in [2.24, 2.45) is 0 Å². The number of carbonyl (C=O) groups excluding carboxylic acids is 2. The molecule has 0 spiro atoms. The number of phenols is 1. The number of H-pyrrole nitrogens is 1. The van der Waals surface area contributed by atoms with Gasteiger partial charge in [0.15, 0.2) is 0 Å². The van der Waals surface area contributed by atoms with E-state index in [0.717, 1.165) is 27.6 Å². The van der Waals surface area contributed by atoms with Gasteiger partial charge in [-0.2, -0.15) is 0 Å². The van der Waals surface area contributed by atoms with Gasteiger partial charge < -0.3 is 20.1 Å². The van der Waals surface area contributed by atoms with Gasteiger partial charge in [0.25, 0.3) is 11.7 Å². The van der Waals surface area contributed by atoms with E-state index in [1.54, 1.807) is 18.2 Å². The van der Waals surface area contributed by atoms with Crippen molar-refractivity contribution in [3.63, 3.8) is 0 Å². The van der Waals surface area contributed by atoms with E-state index in [1.807, 2.05) is 56.4 Å². The Morgan fingerprint density at radius 1 is 0.971 bits per heavy atom. The molecule has 1 saturated heterocycles. The Morgan fingerprint density at radius 3 is 2.46 bits per heavy atom. The Bertz CT molecular complexity index is 1480. The molecule has 5 rings (SSSR count). The van der Waals surface area contributed by atoms with Crippen LogP contribution in [0.1, 0.15) is 33.9 Å². The number of nitrogens with zero attached hydrogens (tertiary/aromatic N) is 1. The maximum Gasteiger partial charge on any atom is 0.295 e. The summed E-state index contributed by atoms with van der Waals surface area (Å²) in [5, 5.41) is 22.1. The Morgan fingerprint density at radius 2 is 1.71 bits per heavy atom. The normalized spacial score (nSPS) is 17.4. The van der Waals surface area contributed by atoms with Gasteiger partial charge in [0.2, 0.25) is 0 Å². The number of fused-ring (bicyclic) bond motifs is 1. The number of hydrogen-bond acceptors (Lipinski definition) is 4. The highest BCUT2D eigenvalue weighted by Gasteiger charge is 2.45. The molecule has 0 radical (unpaired) electrons. The molecule has 3 N–H and O–H groups in total. The number of aromatic amines is 1. The van der Waals surface area contributed by atoms with Gasteiger partial charge in [-0.05, 0) is 66.8 Å². The number of Topliss-reactive ketones (excluding diaryl/α,β-unsaturated/α-hetero) is 1. The third kappa shape index (κ3) is 3.97. The van der Waals surface area contributed by atoms with Crippen molar-refractivity contribution >= 4 is 28.4 Å². The Kier molecular flexibility index (Phi) is 5.65. The lowest BCUT2D eigenvalue weighted by Gasteiger charge is -2.25. The number of para-hydroxylation sites is 1. The van der Waals surface area contributed by atoms with Gasteiger partial charge in [-0.3, -0.25) is 9.59 Å². The molecule has 1 amide bonds. The molecule has 176 valence electrons. The number of amides is 1. The summed E-state index contributed by atoms with van der Waals surface area (Å²) >= 11 is 0. The van der Waals surface area contributed by atoms with E-state index in [1.165, 1.54) is 17.0 Å². The molecule has 1 aliphatic heterocycles. The minimum Gasteiger partial charge on any atom is -0.508 e. The van der Waals surface area contributed by atoms with E-state index < -0.39 is 17.7 Å². The van der Waals surface area contributed by atoms with E-state index in [9.17, 15) is 19.8 Å². The molecule has 0 bridgehead atoms. The molecule has 4 aromatic rings. The largest absolute Gasteiger partial charge is 0.508 e. The quantitative estimate of drug-likeness (QED) is 0.215. The molecule has 0 saturated carbocycles. The first-order valence-electron chi connectivity index (χ1n) is 11.5. The fraction of sp³-hybridized carbons (Fsp3) is 0.172. The van der Waals surface area contributed by atoms with Crippen molar-refractivity contribution in [1.82, 2.24) is 9.88 Å². The first-order chi connectivity index (χ1) is 16.8. The number of nitrogens with one attached hydrogen (secondary N) is 1. The first kappa shape index (κ1) is 22.5. The van der Waals surface area contributed by atoms with Crippen molar-refractivity contribution in [2.75, 3.05) is 6.54 Å². The molecular formula is C29H26N2O4. The summed E-state index contributed by atoms with van der Waals surface area (Å²) in [5.41, 5.74) is 5.29. The fourth-order valence-corrected chi connectivity index (χ4v) is 4.74. The fourth-order valence-electron chi connectivity index (χ4n) is 4.74. The van der Waals surface area contributed by atoms with Crippen molar-refractivity contribution in [1.29, 1.82) is 0 Å². The van der Waals surface area contributed by atoms with Gasteiger partial charge in [0.05, 0.1) is 11.6 Å². The minimum absolute atomic E-state index is 0.0582. The molecule has 6 heteroatoms. The number of likely N-dealkylation sites (tertiary alicyclic amines) is 1. The van der Waals surface area contributed by atoms with Crippen LogP contribution >= 0.6 is 0 Å². The van der Waals surface area contributed by atoms with Crippen LogP contribution in [0.3, 0.4) is 0 Å². The zero-order valence-electron chi connectivity index (χ0n) is 19.6. The van der Waals surface area contributed by atoms with E-state index in [2.05, 4.69) is 4.98 Å². The Labute approximate surface area is 203 Å². The smallest absolute Gasteiger partial charge is 0.295 e. The third-order valence-corrected chi connectivity index (χ3v) is 6.83. The van der Waals surface area contributed by atoms with Gasteiger partial charge in [-0.15, -0.1) is 0 Å². The van der Waals surface area contributed by atoms with Crippen LogP contribution in [0.4, 0.5) is 0 Å². The first-order valence-corrected chi connectivity index (χ1v) is 11.5. The highest BCUT2D eigenvalue weighted by molar-refractivity contribution is 6.46. The average molecular weight is 467 g/mol. The number of phenolic OH excluding ortho intramolecular Hbond substituents is 1. The van der Waals surface area contributed by atoms with Crippen LogP contribution in [-0.4, -0.2) is 38.3 Å². The molecule has 35 heavy (non-hydrogen) atoms. The topological polar surface area (TPSA) is 93.6 Å². The molecule has 0 aliphatic carbocycles. The second-order valence-corrected chi connectivity index (χ2v) is 8.99. The van der Waals surface area contributed by atoms with Crippen molar-refractivity contribution in [3.05, 3.63) is 106 Å². The monoisotopic (exact) mass is 466 g/mol. The van der Waals surface area contributed by atoms with Crippen LogP contribution in [0.15, 0.2) is 78.5 Å². The molecule has 6 nitrogen and oxygen atoms in total. The summed E-state index contributed by atoms with van der Waals surface area (Å²) in [7, 11) is 0. The molecular weight excluding hydrogens is 440 g/mol. The molecule has 1 fully saturated rings. The average Bonchev–Trinajstić information content (AvgIpc) is 3.38. The number of aliphatic hydroxyl groups excluding tert-OH is 1. The second kappa shape index (κ2) is 8.80. The molecule has 3 aromatic carbocycles. The number of carbonyl (C=O) groups is 2. The van der Waals surface area contributed by atoms with Gasteiger partial charge in [0.1, 0.15) is 11.5 Å². The third-order valence-electron chi connectivity index (χ3n) is 6.83. The van der Waals surface area contributed by atoms with Crippen LogP contribution in [0.25, 0.3) is 16.7 Å². The minimum atomic E-state index is -0.762. The SMILES string of the molecule is Cc1ccc(/C(O)=C2\C(=O)C(=O)N(CCc3c[nH]c4ccccc34)C2c2ccc(O)cc2)cc1C. The summed E-state index contributed by atoms with van der Waals surface area (Å²) in [4.78, 5) is 31.2. The summed E-state index contributed by atoms with van der Waals surface area (Å²) in [5.74, 6) is -1.47. The van der Waals surface area contributed by atoms with E-state index in [0.29, 0.717) is 24.1 Å². The van der Waals surface area contributed by atoms with Crippen LogP contribution in [0.5, 0.6) is 5.75 Å². The number of rotatable bonds is 5. The number of aromatic hydroxyl groups is 1. The summed E-state index contributed by atoms with van der Waals surface area (Å²) in [6.07, 6.45) is 2.46. The molecule has 1 unspecified atom stereocenters. The lowest BCUT2D eigenvalue weighted by atomic mass is 9.94. The lowest BCUT2D eigenvalue weighted by Crippen LogP contribution is -2.31. The van der Waals surface area contributed by atoms with Crippen molar-refractivity contribution in [3.8, 4) is 5.75 Å². The van der Waals surface area contributed by atoms with Crippen LogP contribution < -0.4 is 0 Å². The zero-order chi connectivity index (χ0) is 24.7. The summed E-state index contributed by atoms with van der Waals surface area (Å²) in [6.45, 7) is 4.20. The van der Waals surface area contributed by atoms with E-state index >= 15 is 0 Å². The Balaban J connectivity index is 1.57. The summed E-state index contributed by atoms with van der Waals surface area (Å²) in [6, 6.07) is 19.0. The maximum absolute atomic E-state index is 13.2. The number of ketones is 1. The van der Waals surface area contributed by atoms with Crippen LogP contribution in [0.2, 0.25) is 0 Å². The number of aliphatic hydroxyl groups is 1. The van der Waals surface area contributed by atoms with Crippen LogP contribution in [-0.2, 0) is 16.0 Å². The lowest BCUT2D eigenvalue weighted by molar-refractivity contribution is -0.139. The second-order valence-electron chi connectivity index (χ2n) is 8.99. The Hall–Kier alpha value is -4.32. The number of aromatic nitrogens is 1. The van der Waals surface area contributed by atoms with Gasteiger partial charge in [0, 0.05) is 29.2 Å². The number of hydrogen-bond donors (Lipinski definition) is 3. The highest BCUT2D eigenvalue weighted by atomic mass is 16.3. The summed E-state index contributed by atoms with van der Waals surface area (Å²) < 4.78 is 0.